The molecule has 0 saturated heterocycles. The Balaban J connectivity index is 1.85. The van der Waals surface area contributed by atoms with Crippen LogP contribution in [0, 0.1) is 5.82 Å². The van der Waals surface area contributed by atoms with Crippen molar-refractivity contribution < 1.29 is 31.8 Å². The topological polar surface area (TPSA) is 65.4 Å². The maximum atomic E-state index is 14.0. The highest BCUT2D eigenvalue weighted by Crippen LogP contribution is 2.34. The number of nitrogens with zero attached hydrogens (tertiary/aromatic N) is 2. The Morgan fingerprint density at radius 1 is 1.10 bits per heavy atom. The molecule has 6 nitrogen and oxygen atoms in total. The second kappa shape index (κ2) is 8.95. The summed E-state index contributed by atoms with van der Waals surface area (Å²) in [6.07, 6.45) is -4.18. The number of nitrogens with one attached hydrogen (secondary N) is 1. The lowest BCUT2D eigenvalue weighted by Crippen LogP contribution is -2.21. The van der Waals surface area contributed by atoms with E-state index in [1.165, 1.54) is 31.4 Å². The first kappa shape index (κ1) is 21.3. The van der Waals surface area contributed by atoms with Crippen LogP contribution in [-0.2, 0) is 10.9 Å². The van der Waals surface area contributed by atoms with E-state index in [2.05, 4.69) is 10.4 Å². The molecule has 0 atom stereocenters. The molecule has 158 valence electrons. The smallest absolute Gasteiger partial charge is 0.434 e. The fourth-order valence-electron chi connectivity index (χ4n) is 2.67. The zero-order chi connectivity index (χ0) is 21.7. The molecular weight excluding hydrogens is 406 g/mol. The van der Waals surface area contributed by atoms with Gasteiger partial charge >= 0.3 is 6.18 Å². The Hall–Kier alpha value is -3.40. The molecule has 3 rings (SSSR count). The van der Waals surface area contributed by atoms with Crippen LogP contribution in [-0.4, -0.2) is 36.0 Å². The van der Waals surface area contributed by atoms with Crippen LogP contribution in [0.2, 0.25) is 0 Å². The molecule has 0 aliphatic carbocycles. The SMILES string of the molecule is COCCOc1ccc(NC(=O)c2cnn(-c3ccccc3F)c2C(F)(F)F)cc1. The van der Waals surface area contributed by atoms with Gasteiger partial charge in [0.15, 0.2) is 5.69 Å². The van der Waals surface area contributed by atoms with Crippen molar-refractivity contribution in [3.8, 4) is 11.4 Å². The second-order valence-corrected chi connectivity index (χ2v) is 6.09. The molecule has 2 aromatic carbocycles. The van der Waals surface area contributed by atoms with Gasteiger partial charge < -0.3 is 14.8 Å². The third-order valence-corrected chi connectivity index (χ3v) is 4.03. The average molecular weight is 423 g/mol. The number of anilines is 1. The lowest BCUT2D eigenvalue weighted by atomic mass is 10.2. The molecule has 1 heterocycles. The van der Waals surface area contributed by atoms with Gasteiger partial charge in [0.1, 0.15) is 23.9 Å². The highest BCUT2D eigenvalue weighted by molar-refractivity contribution is 6.05. The highest BCUT2D eigenvalue weighted by atomic mass is 19.4. The maximum absolute atomic E-state index is 14.0. The normalized spacial score (nSPS) is 11.4. The standard InChI is InChI=1S/C20H17F4N3O3/c1-29-10-11-30-14-8-6-13(7-9-14)26-19(28)15-12-25-27(18(15)20(22,23)24)17-5-3-2-4-16(17)21/h2-9,12H,10-11H2,1H3,(H,26,28). The van der Waals surface area contributed by atoms with Crippen molar-refractivity contribution in [1.29, 1.82) is 0 Å². The van der Waals surface area contributed by atoms with Gasteiger partial charge in [-0.3, -0.25) is 4.79 Å². The van der Waals surface area contributed by atoms with Crippen molar-refractivity contribution in [2.24, 2.45) is 0 Å². The monoisotopic (exact) mass is 423 g/mol. The Labute approximate surface area is 169 Å². The van der Waals surface area contributed by atoms with E-state index in [4.69, 9.17) is 9.47 Å². The van der Waals surface area contributed by atoms with Gasteiger partial charge in [0.25, 0.3) is 5.91 Å². The first-order valence-corrected chi connectivity index (χ1v) is 8.74. The van der Waals surface area contributed by atoms with Crippen LogP contribution in [0.4, 0.5) is 23.2 Å². The van der Waals surface area contributed by atoms with Crippen molar-refractivity contribution in [3.05, 3.63) is 71.8 Å². The number of hydrogen-bond donors (Lipinski definition) is 1. The van der Waals surface area contributed by atoms with Crippen LogP contribution in [0.3, 0.4) is 0 Å². The average Bonchev–Trinajstić information content (AvgIpc) is 3.15. The fraction of sp³-hybridized carbons (Fsp3) is 0.200. The summed E-state index contributed by atoms with van der Waals surface area (Å²) in [5.74, 6) is -1.42. The largest absolute Gasteiger partial charge is 0.491 e. The molecule has 1 N–H and O–H groups in total. The first-order chi connectivity index (χ1) is 14.3. The third-order valence-electron chi connectivity index (χ3n) is 4.03. The molecule has 0 spiro atoms. The Bertz CT molecular complexity index is 1020. The Kier molecular flexibility index (Phi) is 6.36. The number of hydrogen-bond acceptors (Lipinski definition) is 4. The number of alkyl halides is 3. The van der Waals surface area contributed by atoms with Crippen molar-refractivity contribution in [3.63, 3.8) is 0 Å². The summed E-state index contributed by atoms with van der Waals surface area (Å²) in [5, 5.41) is 5.97. The second-order valence-electron chi connectivity index (χ2n) is 6.09. The van der Waals surface area contributed by atoms with E-state index in [-0.39, 0.29) is 5.69 Å². The number of methoxy groups -OCH3 is 1. The van der Waals surface area contributed by atoms with Crippen LogP contribution in [0.15, 0.2) is 54.7 Å². The minimum atomic E-state index is -4.94. The van der Waals surface area contributed by atoms with Gasteiger partial charge in [-0.15, -0.1) is 0 Å². The van der Waals surface area contributed by atoms with Gasteiger partial charge in [-0.05, 0) is 36.4 Å². The number of rotatable bonds is 7. The quantitative estimate of drug-likeness (QED) is 0.455. The molecule has 3 aromatic rings. The van der Waals surface area contributed by atoms with Crippen molar-refractivity contribution in [1.82, 2.24) is 9.78 Å². The van der Waals surface area contributed by atoms with E-state index >= 15 is 0 Å². The number of benzene rings is 2. The molecular formula is C20H17F4N3O3. The van der Waals surface area contributed by atoms with Gasteiger partial charge in [-0.2, -0.15) is 18.3 Å². The molecule has 10 heteroatoms. The van der Waals surface area contributed by atoms with E-state index < -0.39 is 34.8 Å². The summed E-state index contributed by atoms with van der Waals surface area (Å²) in [7, 11) is 1.53. The van der Waals surface area contributed by atoms with Crippen LogP contribution >= 0.6 is 0 Å². The molecule has 0 saturated carbocycles. The van der Waals surface area contributed by atoms with Crippen LogP contribution < -0.4 is 10.1 Å². The molecule has 0 aliphatic rings. The van der Waals surface area contributed by atoms with Crippen LogP contribution in [0.5, 0.6) is 5.75 Å². The number of amides is 1. The molecule has 1 amide bonds. The summed E-state index contributed by atoms with van der Waals surface area (Å²) in [6.45, 7) is 0.719. The molecule has 0 bridgehead atoms. The summed E-state index contributed by atoms with van der Waals surface area (Å²) < 4.78 is 65.6. The third kappa shape index (κ3) is 4.77. The number of ether oxygens (including phenoxy) is 2. The fourth-order valence-corrected chi connectivity index (χ4v) is 2.67. The van der Waals surface area contributed by atoms with Crippen LogP contribution in [0.25, 0.3) is 5.69 Å². The predicted octanol–water partition coefficient (Wildman–Crippen LogP) is 4.31. The number of aromatic nitrogens is 2. The van der Waals surface area contributed by atoms with E-state index in [0.29, 0.717) is 23.6 Å². The number of halogens is 4. The molecule has 30 heavy (non-hydrogen) atoms. The van der Waals surface area contributed by atoms with E-state index in [1.54, 1.807) is 12.1 Å². The zero-order valence-electron chi connectivity index (χ0n) is 15.7. The minimum Gasteiger partial charge on any atom is -0.491 e. The van der Waals surface area contributed by atoms with Gasteiger partial charge in [0.05, 0.1) is 18.4 Å². The number of carbonyl (C=O) groups excluding carboxylic acids is 1. The zero-order valence-corrected chi connectivity index (χ0v) is 15.7. The molecule has 1 aromatic heterocycles. The van der Waals surface area contributed by atoms with Gasteiger partial charge in [-0.25, -0.2) is 9.07 Å². The highest BCUT2D eigenvalue weighted by Gasteiger charge is 2.41. The number of carbonyl (C=O) groups is 1. The van der Waals surface area contributed by atoms with Gasteiger partial charge in [0, 0.05) is 12.8 Å². The van der Waals surface area contributed by atoms with E-state index in [9.17, 15) is 22.4 Å². The lowest BCUT2D eigenvalue weighted by Gasteiger charge is -2.13. The van der Waals surface area contributed by atoms with Crippen molar-refractivity contribution in [2.45, 2.75) is 6.18 Å². The summed E-state index contributed by atoms with van der Waals surface area (Å²) in [6, 6.07) is 10.9. The maximum Gasteiger partial charge on any atom is 0.434 e. The van der Waals surface area contributed by atoms with Crippen LogP contribution in [0.1, 0.15) is 16.1 Å². The van der Waals surface area contributed by atoms with Crippen molar-refractivity contribution >= 4 is 11.6 Å². The van der Waals surface area contributed by atoms with Gasteiger partial charge in [-0.1, -0.05) is 12.1 Å². The predicted molar refractivity (Wildman–Crippen MR) is 100 cm³/mol. The Morgan fingerprint density at radius 3 is 2.43 bits per heavy atom. The lowest BCUT2D eigenvalue weighted by molar-refractivity contribution is -0.143. The minimum absolute atomic E-state index is 0.255. The first-order valence-electron chi connectivity index (χ1n) is 8.74. The van der Waals surface area contributed by atoms with E-state index in [0.717, 1.165) is 18.3 Å². The summed E-state index contributed by atoms with van der Waals surface area (Å²) in [5.41, 5.74) is -2.26. The van der Waals surface area contributed by atoms with E-state index in [1.807, 2.05) is 0 Å². The molecule has 0 unspecified atom stereocenters. The Morgan fingerprint density at radius 2 is 1.80 bits per heavy atom. The van der Waals surface area contributed by atoms with Crippen molar-refractivity contribution in [2.75, 3.05) is 25.6 Å². The molecule has 0 aliphatic heterocycles. The summed E-state index contributed by atoms with van der Waals surface area (Å²) in [4.78, 5) is 12.5. The number of para-hydroxylation sites is 1. The molecule has 0 radical (unpaired) electrons. The summed E-state index contributed by atoms with van der Waals surface area (Å²) >= 11 is 0. The van der Waals surface area contributed by atoms with Gasteiger partial charge in [0.2, 0.25) is 0 Å². The molecule has 0 fully saturated rings.